The maximum atomic E-state index is 6.11. The van der Waals surface area contributed by atoms with Gasteiger partial charge in [-0.2, -0.15) is 0 Å². The number of aromatic nitrogens is 1. The van der Waals surface area contributed by atoms with Crippen LogP contribution in [0.25, 0.3) is 10.6 Å². The lowest BCUT2D eigenvalue weighted by atomic mass is 10.1. The molecule has 2 rings (SSSR count). The number of aryl methyl sites for hydroxylation is 1. The van der Waals surface area contributed by atoms with Crippen molar-refractivity contribution in [2.45, 2.75) is 6.92 Å². The van der Waals surface area contributed by atoms with Gasteiger partial charge in [-0.1, -0.05) is 11.6 Å². The first-order valence-electron chi connectivity index (χ1n) is 4.99. The summed E-state index contributed by atoms with van der Waals surface area (Å²) in [6.45, 7) is 2.00. The predicted molar refractivity (Wildman–Crippen MR) is 70.4 cm³/mol. The van der Waals surface area contributed by atoms with Gasteiger partial charge in [-0.3, -0.25) is 0 Å². The highest BCUT2D eigenvalue weighted by atomic mass is 35.5. The van der Waals surface area contributed by atoms with Crippen molar-refractivity contribution in [3.8, 4) is 22.2 Å². The molecule has 0 unspecified atom stereocenters. The van der Waals surface area contributed by atoms with Gasteiger partial charge in [0.2, 0.25) is 5.88 Å². The van der Waals surface area contributed by atoms with Gasteiger partial charge in [0.05, 0.1) is 24.6 Å². The number of nitrogens with zero attached hydrogens (tertiary/aromatic N) is 1. The summed E-state index contributed by atoms with van der Waals surface area (Å²) in [6, 6.07) is 3.78. The molecule has 0 saturated carbocycles. The Kier molecular flexibility index (Phi) is 3.54. The summed E-state index contributed by atoms with van der Waals surface area (Å²) in [5, 5.41) is 3.35. The van der Waals surface area contributed by atoms with Gasteiger partial charge in [0.15, 0.2) is 0 Å². The van der Waals surface area contributed by atoms with E-state index in [9.17, 15) is 0 Å². The van der Waals surface area contributed by atoms with Crippen LogP contribution in [0.5, 0.6) is 11.6 Å². The Morgan fingerprint density at radius 2 is 2.00 bits per heavy atom. The molecule has 1 aromatic heterocycles. The number of rotatable bonds is 3. The second-order valence-electron chi connectivity index (χ2n) is 3.50. The van der Waals surface area contributed by atoms with Crippen LogP contribution in [0.3, 0.4) is 0 Å². The molecule has 1 aromatic carbocycles. The third-order valence-electron chi connectivity index (χ3n) is 2.42. The average Bonchev–Trinajstić information content (AvgIpc) is 2.80. The normalized spacial score (nSPS) is 10.4. The highest BCUT2D eigenvalue weighted by molar-refractivity contribution is 7.13. The fourth-order valence-electron chi connectivity index (χ4n) is 1.52. The van der Waals surface area contributed by atoms with Crippen molar-refractivity contribution in [1.29, 1.82) is 0 Å². The summed E-state index contributed by atoms with van der Waals surface area (Å²) < 4.78 is 10.2. The van der Waals surface area contributed by atoms with Crippen LogP contribution in [0.1, 0.15) is 5.56 Å². The van der Waals surface area contributed by atoms with Gasteiger partial charge in [-0.05, 0) is 24.6 Å². The molecule has 0 saturated heterocycles. The van der Waals surface area contributed by atoms with E-state index in [4.69, 9.17) is 21.1 Å². The summed E-state index contributed by atoms with van der Waals surface area (Å²) in [5.41, 5.74) is 2.08. The Labute approximate surface area is 109 Å². The summed E-state index contributed by atoms with van der Waals surface area (Å²) in [4.78, 5) is 4.35. The quantitative estimate of drug-likeness (QED) is 0.850. The van der Waals surface area contributed by atoms with E-state index in [-0.39, 0.29) is 0 Å². The third-order valence-corrected chi connectivity index (χ3v) is 3.57. The van der Waals surface area contributed by atoms with E-state index in [2.05, 4.69) is 4.98 Å². The molecular formula is C12H12ClNO2S. The molecule has 0 bridgehead atoms. The number of halogens is 1. The number of benzene rings is 1. The molecule has 90 valence electrons. The minimum Gasteiger partial charge on any atom is -0.495 e. The molecule has 0 aliphatic carbocycles. The zero-order valence-electron chi connectivity index (χ0n) is 9.78. The molecule has 1 heterocycles. The Bertz CT molecular complexity index is 539. The molecule has 3 nitrogen and oxygen atoms in total. The van der Waals surface area contributed by atoms with Crippen LogP contribution in [0.2, 0.25) is 5.02 Å². The van der Waals surface area contributed by atoms with Crippen LogP contribution < -0.4 is 9.47 Å². The summed E-state index contributed by atoms with van der Waals surface area (Å²) >= 11 is 7.64. The van der Waals surface area contributed by atoms with Gasteiger partial charge >= 0.3 is 0 Å². The van der Waals surface area contributed by atoms with E-state index in [1.807, 2.05) is 24.4 Å². The third kappa shape index (κ3) is 2.37. The monoisotopic (exact) mass is 269 g/mol. The zero-order chi connectivity index (χ0) is 12.4. The highest BCUT2D eigenvalue weighted by Crippen LogP contribution is 2.35. The molecule has 0 aliphatic heterocycles. The van der Waals surface area contributed by atoms with Crippen LogP contribution in [0.15, 0.2) is 17.5 Å². The molecule has 2 aromatic rings. The van der Waals surface area contributed by atoms with Gasteiger partial charge in [0.25, 0.3) is 0 Å². The second-order valence-corrected chi connectivity index (χ2v) is 4.76. The largest absolute Gasteiger partial charge is 0.495 e. The topological polar surface area (TPSA) is 31.4 Å². The van der Waals surface area contributed by atoms with Crippen LogP contribution >= 0.6 is 22.9 Å². The van der Waals surface area contributed by atoms with E-state index in [1.165, 1.54) is 11.3 Å². The first-order chi connectivity index (χ1) is 8.15. The standard InChI is InChI=1S/C12H12ClNO2S/c1-7-4-10(15-2)9(13)5-8(7)12-14-11(16-3)6-17-12/h4-6H,1-3H3. The van der Waals surface area contributed by atoms with Crippen molar-refractivity contribution >= 4 is 22.9 Å². The van der Waals surface area contributed by atoms with Crippen LogP contribution in [-0.4, -0.2) is 19.2 Å². The summed E-state index contributed by atoms with van der Waals surface area (Å²) in [6.07, 6.45) is 0. The summed E-state index contributed by atoms with van der Waals surface area (Å²) in [5.74, 6) is 1.30. The van der Waals surface area contributed by atoms with Crippen molar-refractivity contribution in [3.05, 3.63) is 28.1 Å². The Hall–Kier alpha value is -1.26. The molecule has 0 atom stereocenters. The number of ether oxygens (including phenoxy) is 2. The minimum atomic E-state index is 0.585. The van der Waals surface area contributed by atoms with Gasteiger partial charge in [-0.25, -0.2) is 4.98 Å². The van der Waals surface area contributed by atoms with Crippen molar-refractivity contribution < 1.29 is 9.47 Å². The van der Waals surface area contributed by atoms with E-state index in [0.29, 0.717) is 16.7 Å². The zero-order valence-corrected chi connectivity index (χ0v) is 11.4. The molecular weight excluding hydrogens is 258 g/mol. The average molecular weight is 270 g/mol. The number of methoxy groups -OCH3 is 2. The maximum absolute atomic E-state index is 6.11. The van der Waals surface area contributed by atoms with Gasteiger partial charge < -0.3 is 9.47 Å². The number of hydrogen-bond acceptors (Lipinski definition) is 4. The Morgan fingerprint density at radius 3 is 2.59 bits per heavy atom. The molecule has 0 radical (unpaired) electrons. The van der Waals surface area contributed by atoms with E-state index >= 15 is 0 Å². The number of thiazole rings is 1. The smallest absolute Gasteiger partial charge is 0.224 e. The van der Waals surface area contributed by atoms with Gasteiger partial charge in [-0.15, -0.1) is 11.3 Å². The van der Waals surface area contributed by atoms with Crippen molar-refractivity contribution in [3.63, 3.8) is 0 Å². The van der Waals surface area contributed by atoms with Crippen LogP contribution in [0, 0.1) is 6.92 Å². The Morgan fingerprint density at radius 1 is 1.24 bits per heavy atom. The van der Waals surface area contributed by atoms with Gasteiger partial charge in [0, 0.05) is 5.56 Å². The predicted octanol–water partition coefficient (Wildman–Crippen LogP) is 3.79. The fraction of sp³-hybridized carbons (Fsp3) is 0.250. The molecule has 5 heteroatoms. The van der Waals surface area contributed by atoms with E-state index in [0.717, 1.165) is 16.1 Å². The Balaban J connectivity index is 2.48. The molecule has 0 fully saturated rings. The van der Waals surface area contributed by atoms with Gasteiger partial charge in [0.1, 0.15) is 10.8 Å². The lowest BCUT2D eigenvalue weighted by molar-refractivity contribution is 0.401. The highest BCUT2D eigenvalue weighted by Gasteiger charge is 2.11. The summed E-state index contributed by atoms with van der Waals surface area (Å²) in [7, 11) is 3.21. The second kappa shape index (κ2) is 4.94. The van der Waals surface area contributed by atoms with Crippen molar-refractivity contribution in [2.75, 3.05) is 14.2 Å². The first kappa shape index (κ1) is 12.2. The maximum Gasteiger partial charge on any atom is 0.224 e. The van der Waals surface area contributed by atoms with E-state index < -0.39 is 0 Å². The first-order valence-corrected chi connectivity index (χ1v) is 6.25. The fourth-order valence-corrected chi connectivity index (χ4v) is 2.61. The molecule has 17 heavy (non-hydrogen) atoms. The lowest BCUT2D eigenvalue weighted by Gasteiger charge is -2.08. The number of hydrogen-bond donors (Lipinski definition) is 0. The lowest BCUT2D eigenvalue weighted by Crippen LogP contribution is -1.89. The van der Waals surface area contributed by atoms with Crippen LogP contribution in [-0.2, 0) is 0 Å². The molecule has 0 N–H and O–H groups in total. The molecule has 0 aliphatic rings. The molecule has 0 spiro atoms. The van der Waals surface area contributed by atoms with E-state index in [1.54, 1.807) is 14.2 Å². The molecule has 0 amide bonds. The van der Waals surface area contributed by atoms with Crippen LogP contribution in [0.4, 0.5) is 0 Å². The SMILES string of the molecule is COc1csc(-c2cc(Cl)c(OC)cc2C)n1. The van der Waals surface area contributed by atoms with Crippen molar-refractivity contribution in [1.82, 2.24) is 4.98 Å². The minimum absolute atomic E-state index is 0.585. The van der Waals surface area contributed by atoms with Crippen molar-refractivity contribution in [2.24, 2.45) is 0 Å².